The largest absolute Gasteiger partial charge is 0.507 e. The lowest BCUT2D eigenvalue weighted by Crippen LogP contribution is -1.91. The number of para-hydroxylation sites is 1. The van der Waals surface area contributed by atoms with Gasteiger partial charge >= 0.3 is 0 Å². The van der Waals surface area contributed by atoms with Crippen molar-refractivity contribution >= 4 is 10.9 Å². The Kier molecular flexibility index (Phi) is 2.85. The minimum Gasteiger partial charge on any atom is -0.507 e. The number of phenolic OH excluding ortho intramolecular Hbond substituents is 1. The zero-order valence-corrected chi connectivity index (χ0v) is 11.0. The second-order valence-electron chi connectivity index (χ2n) is 4.71. The topological polar surface area (TPSA) is 56.9 Å². The van der Waals surface area contributed by atoms with Gasteiger partial charge < -0.3 is 5.11 Å². The lowest BCUT2D eigenvalue weighted by molar-refractivity contribution is 0.477. The van der Waals surface area contributed by atoms with E-state index >= 15 is 0 Å². The van der Waals surface area contributed by atoms with E-state index in [1.807, 2.05) is 49.4 Å². The monoisotopic (exact) mass is 260 g/mol. The van der Waals surface area contributed by atoms with Gasteiger partial charge in [-0.05, 0) is 31.2 Å². The molecule has 2 aromatic carbocycles. The molecule has 1 heterocycles. The highest BCUT2D eigenvalue weighted by molar-refractivity contribution is 5.87. The molecule has 0 atom stereocenters. The number of nitrogens with zero attached hydrogens (tertiary/aromatic N) is 2. The first-order chi connectivity index (χ1) is 9.69. The van der Waals surface area contributed by atoms with Crippen molar-refractivity contribution in [2.75, 3.05) is 0 Å². The molecule has 0 amide bonds. The second kappa shape index (κ2) is 4.67. The molecule has 0 saturated carbocycles. The number of pyridine rings is 1. The molecule has 0 radical (unpaired) electrons. The predicted molar refractivity (Wildman–Crippen MR) is 78.3 cm³/mol. The van der Waals surface area contributed by atoms with Crippen LogP contribution in [0.25, 0.3) is 22.0 Å². The van der Waals surface area contributed by atoms with E-state index in [9.17, 15) is 10.4 Å². The highest BCUT2D eigenvalue weighted by atomic mass is 16.3. The van der Waals surface area contributed by atoms with Crippen LogP contribution in [0.5, 0.6) is 5.75 Å². The van der Waals surface area contributed by atoms with Gasteiger partial charge in [-0.3, -0.25) is 0 Å². The summed E-state index contributed by atoms with van der Waals surface area (Å²) < 4.78 is 0. The summed E-state index contributed by atoms with van der Waals surface area (Å²) in [6.07, 6.45) is 0. The van der Waals surface area contributed by atoms with Crippen molar-refractivity contribution in [1.82, 2.24) is 4.98 Å². The molecule has 0 saturated heterocycles. The summed E-state index contributed by atoms with van der Waals surface area (Å²) in [5.41, 5.74) is 3.42. The molecule has 96 valence electrons. The molecular weight excluding hydrogens is 248 g/mol. The van der Waals surface area contributed by atoms with Crippen LogP contribution in [0.1, 0.15) is 11.3 Å². The van der Waals surface area contributed by atoms with E-state index in [-0.39, 0.29) is 5.75 Å². The van der Waals surface area contributed by atoms with Gasteiger partial charge in [0.25, 0.3) is 0 Å². The van der Waals surface area contributed by atoms with E-state index in [1.165, 1.54) is 0 Å². The van der Waals surface area contributed by atoms with Crippen LogP contribution >= 0.6 is 0 Å². The maximum absolute atomic E-state index is 10.0. The Labute approximate surface area is 116 Å². The van der Waals surface area contributed by atoms with Crippen molar-refractivity contribution < 1.29 is 5.11 Å². The zero-order valence-electron chi connectivity index (χ0n) is 11.0. The van der Waals surface area contributed by atoms with Gasteiger partial charge in [0.1, 0.15) is 17.5 Å². The smallest absolute Gasteiger partial charge is 0.149 e. The quantitative estimate of drug-likeness (QED) is 0.724. The molecule has 0 aliphatic carbocycles. The van der Waals surface area contributed by atoms with Crippen molar-refractivity contribution in [3.8, 4) is 22.9 Å². The van der Waals surface area contributed by atoms with Crippen LogP contribution in [0.4, 0.5) is 0 Å². The van der Waals surface area contributed by atoms with E-state index < -0.39 is 0 Å². The number of benzene rings is 2. The van der Waals surface area contributed by atoms with E-state index in [1.54, 1.807) is 6.07 Å². The molecule has 3 heteroatoms. The molecule has 0 spiro atoms. The summed E-state index contributed by atoms with van der Waals surface area (Å²) in [4.78, 5) is 4.37. The number of aromatic nitrogens is 1. The van der Waals surface area contributed by atoms with Crippen LogP contribution in [0.15, 0.2) is 48.5 Å². The van der Waals surface area contributed by atoms with Gasteiger partial charge in [0.2, 0.25) is 0 Å². The molecule has 0 unspecified atom stereocenters. The number of nitriles is 1. The molecular formula is C17H12N2O. The van der Waals surface area contributed by atoms with Gasteiger partial charge in [-0.15, -0.1) is 0 Å². The molecule has 0 fully saturated rings. The number of hydrogen-bond acceptors (Lipinski definition) is 3. The average molecular weight is 260 g/mol. The fourth-order valence-corrected chi connectivity index (χ4v) is 2.27. The van der Waals surface area contributed by atoms with E-state index in [0.717, 1.165) is 16.5 Å². The third-order valence-corrected chi connectivity index (χ3v) is 3.27. The van der Waals surface area contributed by atoms with Gasteiger partial charge in [0, 0.05) is 16.5 Å². The fraction of sp³-hybridized carbons (Fsp3) is 0.0588. The van der Waals surface area contributed by atoms with Gasteiger partial charge in [0.05, 0.1) is 5.52 Å². The Balaban J connectivity index is 2.35. The number of rotatable bonds is 1. The zero-order chi connectivity index (χ0) is 14.1. The predicted octanol–water partition coefficient (Wildman–Crippen LogP) is 3.79. The minimum absolute atomic E-state index is 0.157. The maximum atomic E-state index is 10.0. The normalized spacial score (nSPS) is 10.4. The summed E-state index contributed by atoms with van der Waals surface area (Å²) in [5.74, 6) is 0.157. The van der Waals surface area contributed by atoms with E-state index in [4.69, 9.17) is 0 Å². The van der Waals surface area contributed by atoms with Crippen molar-refractivity contribution in [3.63, 3.8) is 0 Å². The van der Waals surface area contributed by atoms with Crippen molar-refractivity contribution in [2.24, 2.45) is 0 Å². The number of aromatic hydroxyl groups is 1. The Morgan fingerprint density at radius 1 is 1.05 bits per heavy atom. The first-order valence-corrected chi connectivity index (χ1v) is 6.29. The molecule has 0 aliphatic rings. The van der Waals surface area contributed by atoms with Crippen LogP contribution in [0.2, 0.25) is 0 Å². The van der Waals surface area contributed by atoms with Crippen molar-refractivity contribution in [1.29, 1.82) is 5.26 Å². The van der Waals surface area contributed by atoms with E-state index in [0.29, 0.717) is 16.8 Å². The first-order valence-electron chi connectivity index (χ1n) is 6.29. The van der Waals surface area contributed by atoms with Gasteiger partial charge in [-0.2, -0.15) is 5.26 Å². The number of fused-ring (bicyclic) bond motifs is 1. The standard InChI is InChI=1S/C17H12N2O/c1-11-6-7-17(20)14(8-11)13-9-12-4-2-3-5-15(12)19-16(13)10-18/h2-9,20H,1H3. The van der Waals surface area contributed by atoms with Gasteiger partial charge in [0.15, 0.2) is 0 Å². The first kappa shape index (κ1) is 12.2. The van der Waals surface area contributed by atoms with Gasteiger partial charge in [-0.1, -0.05) is 29.8 Å². The summed E-state index contributed by atoms with van der Waals surface area (Å²) >= 11 is 0. The lowest BCUT2D eigenvalue weighted by atomic mass is 9.99. The van der Waals surface area contributed by atoms with Crippen LogP contribution in [0, 0.1) is 18.3 Å². The summed E-state index contributed by atoms with van der Waals surface area (Å²) in [5, 5.41) is 20.3. The lowest BCUT2D eigenvalue weighted by Gasteiger charge is -2.09. The van der Waals surface area contributed by atoms with Crippen LogP contribution in [-0.2, 0) is 0 Å². The van der Waals surface area contributed by atoms with Crippen LogP contribution in [-0.4, -0.2) is 10.1 Å². The maximum Gasteiger partial charge on any atom is 0.149 e. The summed E-state index contributed by atoms with van der Waals surface area (Å²) in [6, 6.07) is 17.0. The number of phenols is 1. The number of hydrogen-bond donors (Lipinski definition) is 1. The Bertz CT molecular complexity index is 847. The van der Waals surface area contributed by atoms with Crippen molar-refractivity contribution in [2.45, 2.75) is 6.92 Å². The molecule has 0 bridgehead atoms. The average Bonchev–Trinajstić information content (AvgIpc) is 2.48. The van der Waals surface area contributed by atoms with Crippen LogP contribution in [0.3, 0.4) is 0 Å². The summed E-state index contributed by atoms with van der Waals surface area (Å²) in [6.45, 7) is 1.95. The molecule has 20 heavy (non-hydrogen) atoms. The van der Waals surface area contributed by atoms with Crippen molar-refractivity contribution in [3.05, 3.63) is 59.8 Å². The Morgan fingerprint density at radius 3 is 2.65 bits per heavy atom. The van der Waals surface area contributed by atoms with Gasteiger partial charge in [-0.25, -0.2) is 4.98 Å². The SMILES string of the molecule is Cc1ccc(O)c(-c2cc3ccccc3nc2C#N)c1. The third-order valence-electron chi connectivity index (χ3n) is 3.27. The molecule has 1 aromatic heterocycles. The highest BCUT2D eigenvalue weighted by Crippen LogP contribution is 2.33. The molecule has 3 nitrogen and oxygen atoms in total. The minimum atomic E-state index is 0.157. The highest BCUT2D eigenvalue weighted by Gasteiger charge is 2.12. The summed E-state index contributed by atoms with van der Waals surface area (Å²) in [7, 11) is 0. The molecule has 3 rings (SSSR count). The van der Waals surface area contributed by atoms with E-state index in [2.05, 4.69) is 11.1 Å². The second-order valence-corrected chi connectivity index (χ2v) is 4.71. The fourth-order valence-electron chi connectivity index (χ4n) is 2.27. The molecule has 1 N–H and O–H groups in total. The molecule has 0 aliphatic heterocycles. The number of aryl methyl sites for hydroxylation is 1. The molecule has 3 aromatic rings. The van der Waals surface area contributed by atoms with Crippen LogP contribution < -0.4 is 0 Å². The Morgan fingerprint density at radius 2 is 1.85 bits per heavy atom. The third kappa shape index (κ3) is 1.98. The Hall–Kier alpha value is -2.86.